The number of amides is 1. The highest BCUT2D eigenvalue weighted by Gasteiger charge is 2.47. The molecule has 0 bridgehead atoms. The minimum Gasteiger partial charge on any atom is -0.497 e. The Balaban J connectivity index is 1.74. The van der Waals surface area contributed by atoms with E-state index in [0.717, 1.165) is 17.7 Å². The van der Waals surface area contributed by atoms with Gasteiger partial charge in [-0.15, -0.1) is 0 Å². The molecule has 1 aliphatic heterocycles. The van der Waals surface area contributed by atoms with Crippen molar-refractivity contribution < 1.29 is 14.3 Å². The number of hydrogen-bond donors (Lipinski definition) is 0. The molecule has 0 fully saturated rings. The van der Waals surface area contributed by atoms with Crippen LogP contribution in [0.1, 0.15) is 49.4 Å². The number of anilines is 1. The number of carbonyl (C=O) groups is 1. The Morgan fingerprint density at radius 3 is 2.32 bits per heavy atom. The number of methoxy groups -OCH3 is 2. The van der Waals surface area contributed by atoms with Crippen LogP contribution in [0, 0.1) is 6.92 Å². The molecule has 0 aromatic heterocycles. The van der Waals surface area contributed by atoms with Crippen LogP contribution in [0.4, 0.5) is 5.69 Å². The lowest BCUT2D eigenvalue weighted by atomic mass is 9.65. The van der Waals surface area contributed by atoms with Crippen LogP contribution in [-0.2, 0) is 10.2 Å². The number of benzene rings is 3. The van der Waals surface area contributed by atoms with Gasteiger partial charge in [0.05, 0.1) is 14.2 Å². The second kappa shape index (κ2) is 9.02. The maximum Gasteiger partial charge on any atom is 0.251 e. The summed E-state index contributed by atoms with van der Waals surface area (Å²) in [5.74, 6) is 1.32. The van der Waals surface area contributed by atoms with Gasteiger partial charge in [0, 0.05) is 34.3 Å². The predicted octanol–water partition coefficient (Wildman–Crippen LogP) is 6.55. The number of carbonyl (C=O) groups excluding carboxylic acids is 1. The van der Waals surface area contributed by atoms with Gasteiger partial charge in [-0.05, 0) is 62.6 Å². The minimum atomic E-state index is -0.389. The molecule has 3 aromatic carbocycles. The van der Waals surface area contributed by atoms with E-state index in [1.54, 1.807) is 20.3 Å². The van der Waals surface area contributed by atoms with E-state index in [9.17, 15) is 4.79 Å². The second-order valence-corrected chi connectivity index (χ2v) is 9.82. The largest absolute Gasteiger partial charge is 0.497 e. The molecule has 4 rings (SSSR count). The summed E-state index contributed by atoms with van der Waals surface area (Å²) in [6.45, 7) is 8.69. The first-order valence-electron chi connectivity index (χ1n) is 11.6. The smallest absolute Gasteiger partial charge is 0.251 e. The van der Waals surface area contributed by atoms with Crippen molar-refractivity contribution in [2.75, 3.05) is 19.1 Å². The molecule has 0 saturated carbocycles. The molecular formula is C30H33NO3. The van der Waals surface area contributed by atoms with Gasteiger partial charge in [0.2, 0.25) is 0 Å². The Bertz CT molecular complexity index is 1230. The Morgan fingerprint density at radius 1 is 0.941 bits per heavy atom. The third kappa shape index (κ3) is 4.21. The van der Waals surface area contributed by atoms with Crippen molar-refractivity contribution in [1.82, 2.24) is 0 Å². The fourth-order valence-electron chi connectivity index (χ4n) is 5.29. The Morgan fingerprint density at radius 2 is 1.65 bits per heavy atom. The average Bonchev–Trinajstić information content (AvgIpc) is 2.82. The molecule has 176 valence electrons. The molecule has 0 spiro atoms. The maximum atomic E-state index is 13.6. The van der Waals surface area contributed by atoms with E-state index in [4.69, 9.17) is 9.47 Å². The van der Waals surface area contributed by atoms with Crippen LogP contribution in [-0.4, -0.2) is 25.7 Å². The summed E-state index contributed by atoms with van der Waals surface area (Å²) in [4.78, 5) is 15.6. The van der Waals surface area contributed by atoms with E-state index in [1.807, 2.05) is 35.2 Å². The summed E-state index contributed by atoms with van der Waals surface area (Å²) in [7, 11) is 3.23. The molecule has 1 amide bonds. The quantitative estimate of drug-likeness (QED) is 0.410. The van der Waals surface area contributed by atoms with Crippen molar-refractivity contribution in [2.24, 2.45) is 0 Å². The molecule has 4 nitrogen and oxygen atoms in total. The molecule has 4 heteroatoms. The first-order valence-corrected chi connectivity index (χ1v) is 11.6. The van der Waals surface area contributed by atoms with Crippen LogP contribution in [0.2, 0.25) is 0 Å². The molecule has 1 atom stereocenters. The SMILES string of the molecule is COc1ccc(C=CC(=O)N2c3ccccc3C(C)(c3ccc(C)cc3)CC2(C)C)c(OC)c1. The van der Waals surface area contributed by atoms with Crippen molar-refractivity contribution >= 4 is 17.7 Å². The second-order valence-electron chi connectivity index (χ2n) is 9.82. The monoisotopic (exact) mass is 455 g/mol. The molecule has 34 heavy (non-hydrogen) atoms. The average molecular weight is 456 g/mol. The third-order valence-corrected chi connectivity index (χ3v) is 6.89. The summed E-state index contributed by atoms with van der Waals surface area (Å²) < 4.78 is 10.8. The van der Waals surface area contributed by atoms with Crippen LogP contribution >= 0.6 is 0 Å². The van der Waals surface area contributed by atoms with Crippen molar-refractivity contribution in [3.8, 4) is 11.5 Å². The first kappa shape index (κ1) is 23.6. The molecule has 0 N–H and O–H groups in total. The van der Waals surface area contributed by atoms with Crippen LogP contribution in [0.25, 0.3) is 6.08 Å². The summed E-state index contributed by atoms with van der Waals surface area (Å²) in [5, 5.41) is 0. The highest BCUT2D eigenvalue weighted by Crippen LogP contribution is 2.50. The Kier molecular flexibility index (Phi) is 6.26. The summed E-state index contributed by atoms with van der Waals surface area (Å²) >= 11 is 0. The van der Waals surface area contributed by atoms with Gasteiger partial charge in [0.25, 0.3) is 5.91 Å². The van der Waals surface area contributed by atoms with Gasteiger partial charge >= 0.3 is 0 Å². The van der Waals surface area contributed by atoms with E-state index in [1.165, 1.54) is 16.7 Å². The molecule has 0 radical (unpaired) electrons. The Labute approximate surface area is 202 Å². The highest BCUT2D eigenvalue weighted by atomic mass is 16.5. The van der Waals surface area contributed by atoms with E-state index in [0.29, 0.717) is 11.5 Å². The lowest BCUT2D eigenvalue weighted by Gasteiger charge is -2.51. The lowest BCUT2D eigenvalue weighted by molar-refractivity contribution is -0.115. The van der Waals surface area contributed by atoms with Crippen LogP contribution in [0.3, 0.4) is 0 Å². The van der Waals surface area contributed by atoms with E-state index >= 15 is 0 Å². The predicted molar refractivity (Wildman–Crippen MR) is 139 cm³/mol. The fourth-order valence-corrected chi connectivity index (χ4v) is 5.29. The number of ether oxygens (including phenoxy) is 2. The number of nitrogens with zero attached hydrogens (tertiary/aromatic N) is 1. The van der Waals surface area contributed by atoms with Gasteiger partial charge in [0.15, 0.2) is 0 Å². The summed E-state index contributed by atoms with van der Waals surface area (Å²) in [6.07, 6.45) is 4.26. The highest BCUT2D eigenvalue weighted by molar-refractivity contribution is 6.06. The zero-order chi connectivity index (χ0) is 24.5. The van der Waals surface area contributed by atoms with Gasteiger partial charge in [0.1, 0.15) is 11.5 Å². The third-order valence-electron chi connectivity index (χ3n) is 6.89. The van der Waals surface area contributed by atoms with Crippen molar-refractivity contribution in [3.05, 3.63) is 95.1 Å². The van der Waals surface area contributed by atoms with Gasteiger partial charge in [-0.3, -0.25) is 4.79 Å². The van der Waals surface area contributed by atoms with Crippen LogP contribution < -0.4 is 14.4 Å². The number of hydrogen-bond acceptors (Lipinski definition) is 3. The normalized spacial score (nSPS) is 19.1. The molecule has 0 aliphatic carbocycles. The van der Waals surface area contributed by atoms with Gasteiger partial charge < -0.3 is 14.4 Å². The van der Waals surface area contributed by atoms with E-state index < -0.39 is 0 Å². The molecule has 1 unspecified atom stereocenters. The standard InChI is InChI=1S/C30H33NO3/c1-21-11-15-23(16-12-21)30(4)20-29(2,3)31(26-10-8-7-9-25(26)30)28(32)18-14-22-13-17-24(33-5)19-27(22)34-6/h7-19H,20H2,1-6H3. The molecule has 3 aromatic rings. The van der Waals surface area contributed by atoms with Crippen molar-refractivity contribution in [3.63, 3.8) is 0 Å². The van der Waals surface area contributed by atoms with Crippen molar-refractivity contribution in [2.45, 2.75) is 45.1 Å². The number of aryl methyl sites for hydroxylation is 1. The molecule has 1 aliphatic rings. The number of rotatable bonds is 5. The summed E-state index contributed by atoms with van der Waals surface area (Å²) in [5.41, 5.74) is 4.87. The lowest BCUT2D eigenvalue weighted by Crippen LogP contribution is -2.55. The summed E-state index contributed by atoms with van der Waals surface area (Å²) in [6, 6.07) is 22.6. The van der Waals surface area contributed by atoms with Gasteiger partial charge in [-0.2, -0.15) is 0 Å². The maximum absolute atomic E-state index is 13.6. The fraction of sp³-hybridized carbons (Fsp3) is 0.300. The van der Waals surface area contributed by atoms with Gasteiger partial charge in [-0.25, -0.2) is 0 Å². The molecule has 0 saturated heterocycles. The number of fused-ring (bicyclic) bond motifs is 1. The van der Waals surface area contributed by atoms with E-state index in [-0.39, 0.29) is 16.9 Å². The molecular weight excluding hydrogens is 422 g/mol. The topological polar surface area (TPSA) is 38.8 Å². The van der Waals surface area contributed by atoms with E-state index in [2.05, 4.69) is 70.2 Å². The zero-order valence-electron chi connectivity index (χ0n) is 20.9. The van der Waals surface area contributed by atoms with Crippen molar-refractivity contribution in [1.29, 1.82) is 0 Å². The first-order chi connectivity index (χ1) is 16.2. The Hall–Kier alpha value is -3.53. The zero-order valence-corrected chi connectivity index (χ0v) is 20.9. The van der Waals surface area contributed by atoms with Crippen LogP contribution in [0.15, 0.2) is 72.8 Å². The van der Waals surface area contributed by atoms with Gasteiger partial charge in [-0.1, -0.05) is 55.0 Å². The molecule has 1 heterocycles. The minimum absolute atomic E-state index is 0.0544. The van der Waals surface area contributed by atoms with Crippen LogP contribution in [0.5, 0.6) is 11.5 Å². The number of para-hydroxylation sites is 1.